The van der Waals surface area contributed by atoms with Gasteiger partial charge in [-0.05, 0) is 59.6 Å². The van der Waals surface area contributed by atoms with Gasteiger partial charge in [0.1, 0.15) is 11.9 Å². The normalized spacial score (nSPS) is 16.4. The predicted molar refractivity (Wildman–Crippen MR) is 139 cm³/mol. The molecular formula is C27H47N3O. The van der Waals surface area contributed by atoms with Gasteiger partial charge in [-0.1, -0.05) is 82.4 Å². The Kier molecular flexibility index (Phi) is 17.6. The van der Waals surface area contributed by atoms with E-state index in [9.17, 15) is 0 Å². The number of nitrogens with one attached hydrogen (secondary N) is 1. The zero-order valence-electron chi connectivity index (χ0n) is 21.4. The molecule has 0 saturated carbocycles. The summed E-state index contributed by atoms with van der Waals surface area (Å²) in [4.78, 5) is 9.34. The van der Waals surface area contributed by atoms with E-state index in [-0.39, 0.29) is 6.23 Å². The molecule has 0 aliphatic heterocycles. The van der Waals surface area contributed by atoms with E-state index in [1.807, 2.05) is 53.8 Å². The highest BCUT2D eigenvalue weighted by atomic mass is 16.5. The average molecular weight is 430 g/mol. The molecule has 1 N–H and O–H groups in total. The zero-order chi connectivity index (χ0) is 23.5. The second-order valence-electron chi connectivity index (χ2n) is 7.89. The molecule has 0 aromatic carbocycles. The minimum Gasteiger partial charge on any atom is -0.458 e. The van der Waals surface area contributed by atoms with Crippen molar-refractivity contribution in [2.75, 3.05) is 13.6 Å². The summed E-state index contributed by atoms with van der Waals surface area (Å²) in [5, 5.41) is 3.08. The molecule has 0 aromatic heterocycles. The van der Waals surface area contributed by atoms with Crippen LogP contribution < -0.4 is 5.32 Å². The molecule has 2 atom stereocenters. The summed E-state index contributed by atoms with van der Waals surface area (Å²) in [5.74, 6) is 1.16. The molecule has 0 saturated heterocycles. The first kappa shape index (κ1) is 29.1. The van der Waals surface area contributed by atoms with Gasteiger partial charge in [0.2, 0.25) is 5.90 Å². The van der Waals surface area contributed by atoms with Crippen LogP contribution in [0.5, 0.6) is 0 Å². The number of hydrogen-bond donors (Lipinski definition) is 1. The number of nitrogens with zero attached hydrogens (tertiary/aromatic N) is 2. The number of hydrogen-bond acceptors (Lipinski definition) is 4. The van der Waals surface area contributed by atoms with E-state index < -0.39 is 0 Å². The first-order chi connectivity index (χ1) is 14.9. The minimum atomic E-state index is -0.132. The van der Waals surface area contributed by atoms with Gasteiger partial charge in [0, 0.05) is 12.3 Å². The fourth-order valence-corrected chi connectivity index (χ4v) is 3.02. The molecule has 0 aliphatic rings. The predicted octanol–water partition coefficient (Wildman–Crippen LogP) is 7.41. The Morgan fingerprint density at radius 3 is 2.35 bits per heavy atom. The first-order valence-corrected chi connectivity index (χ1v) is 12.0. The topological polar surface area (TPSA) is 46.0 Å². The van der Waals surface area contributed by atoms with Gasteiger partial charge in [0.25, 0.3) is 0 Å². The molecule has 31 heavy (non-hydrogen) atoms. The van der Waals surface area contributed by atoms with Crippen molar-refractivity contribution < 1.29 is 4.74 Å². The van der Waals surface area contributed by atoms with Crippen molar-refractivity contribution >= 4 is 11.6 Å². The number of allylic oxidation sites excluding steroid dienone is 7. The largest absolute Gasteiger partial charge is 0.458 e. The summed E-state index contributed by atoms with van der Waals surface area (Å²) in [6, 6.07) is 0. The van der Waals surface area contributed by atoms with Crippen LogP contribution in [0.1, 0.15) is 87.0 Å². The molecule has 0 bridgehead atoms. The Labute approximate surface area is 192 Å². The average Bonchev–Trinajstić information content (AvgIpc) is 2.76. The zero-order valence-corrected chi connectivity index (χ0v) is 21.4. The van der Waals surface area contributed by atoms with E-state index in [0.29, 0.717) is 18.4 Å². The van der Waals surface area contributed by atoms with Crippen molar-refractivity contribution in [3.05, 3.63) is 47.7 Å². The molecule has 176 valence electrons. The van der Waals surface area contributed by atoms with Gasteiger partial charge in [-0.15, -0.1) is 0 Å². The van der Waals surface area contributed by atoms with Crippen LogP contribution in [-0.4, -0.2) is 31.4 Å². The highest BCUT2D eigenvalue weighted by molar-refractivity contribution is 6.05. The van der Waals surface area contributed by atoms with Crippen LogP contribution in [0.2, 0.25) is 0 Å². The molecule has 0 amide bonds. The van der Waals surface area contributed by atoms with Crippen LogP contribution in [0.3, 0.4) is 0 Å². The second-order valence-corrected chi connectivity index (χ2v) is 7.89. The molecule has 0 radical (unpaired) electrons. The van der Waals surface area contributed by atoms with Crippen molar-refractivity contribution in [3.63, 3.8) is 0 Å². The Morgan fingerprint density at radius 2 is 1.77 bits per heavy atom. The van der Waals surface area contributed by atoms with Crippen molar-refractivity contribution in [2.24, 2.45) is 15.9 Å². The van der Waals surface area contributed by atoms with Crippen LogP contribution in [0.25, 0.3) is 0 Å². The maximum absolute atomic E-state index is 5.92. The lowest BCUT2D eigenvalue weighted by molar-refractivity contribution is 0.180. The lowest BCUT2D eigenvalue weighted by Gasteiger charge is -2.16. The molecule has 0 heterocycles. The van der Waals surface area contributed by atoms with Gasteiger partial charge in [-0.2, -0.15) is 0 Å². The summed E-state index contributed by atoms with van der Waals surface area (Å²) >= 11 is 0. The van der Waals surface area contributed by atoms with Gasteiger partial charge in [-0.25, -0.2) is 4.99 Å². The van der Waals surface area contributed by atoms with Crippen molar-refractivity contribution in [3.8, 4) is 0 Å². The van der Waals surface area contributed by atoms with Gasteiger partial charge in [0.15, 0.2) is 0 Å². The van der Waals surface area contributed by atoms with Crippen LogP contribution in [0.4, 0.5) is 0 Å². The van der Waals surface area contributed by atoms with Gasteiger partial charge in [-0.3, -0.25) is 10.3 Å². The molecular weight excluding hydrogens is 382 g/mol. The van der Waals surface area contributed by atoms with E-state index in [4.69, 9.17) is 9.73 Å². The third-order valence-corrected chi connectivity index (χ3v) is 5.02. The maximum atomic E-state index is 5.92. The monoisotopic (exact) mass is 429 g/mol. The van der Waals surface area contributed by atoms with Crippen LogP contribution >= 0.6 is 0 Å². The molecule has 4 heteroatoms. The number of rotatable bonds is 15. The van der Waals surface area contributed by atoms with Crippen LogP contribution in [0, 0.1) is 5.92 Å². The highest BCUT2D eigenvalue weighted by Crippen LogP contribution is 2.14. The molecule has 0 fully saturated rings. The van der Waals surface area contributed by atoms with E-state index in [1.165, 1.54) is 38.5 Å². The summed E-state index contributed by atoms with van der Waals surface area (Å²) in [6.07, 6.45) is 20.5. The van der Waals surface area contributed by atoms with Gasteiger partial charge < -0.3 is 4.74 Å². The number of ether oxygens (including phenoxy) is 1. The second kappa shape index (κ2) is 18.8. The minimum absolute atomic E-state index is 0.132. The molecule has 4 nitrogen and oxygen atoms in total. The highest BCUT2D eigenvalue weighted by Gasteiger charge is 2.11. The Hall–Kier alpha value is -1.94. The molecule has 0 aliphatic carbocycles. The van der Waals surface area contributed by atoms with Crippen molar-refractivity contribution in [1.29, 1.82) is 0 Å². The number of unbranched alkanes of at least 4 members (excludes halogenated alkanes) is 4. The third-order valence-electron chi connectivity index (χ3n) is 5.02. The van der Waals surface area contributed by atoms with Crippen LogP contribution in [0.15, 0.2) is 57.7 Å². The Balaban J connectivity index is 5.31. The van der Waals surface area contributed by atoms with E-state index >= 15 is 0 Å². The van der Waals surface area contributed by atoms with E-state index in [1.54, 1.807) is 0 Å². The quantitative estimate of drug-likeness (QED) is 0.0968. The maximum Gasteiger partial charge on any atom is 0.236 e. The van der Waals surface area contributed by atoms with Crippen molar-refractivity contribution in [2.45, 2.75) is 93.2 Å². The SMILES string of the molecule is C\C=C/C(=C\C=C\[C@@H](C)CCCCCCC)C(/C)=N/C(=C/C)C(=NCC)OC(C)NC. The fraction of sp³-hybridized carbons (Fsp3) is 0.630. The fourth-order valence-electron chi connectivity index (χ4n) is 3.02. The lowest BCUT2D eigenvalue weighted by atomic mass is 10.0. The Bertz CT molecular complexity index is 653. The summed E-state index contributed by atoms with van der Waals surface area (Å²) < 4.78 is 5.92. The standard InChI is InChI=1S/C27H47N3O/c1-9-13-14-15-16-19-22(5)20-17-21-25(18-10-2)23(6)30-26(11-3)27(29-12-4)31-24(7)28-8/h10-11,17-18,20-22,24,28H,9,12-16,19H2,1-8H3/b18-10-,20-17+,25-21+,26-11+,29-27?,30-23+/t22-,24?/m0/s1. The van der Waals surface area contributed by atoms with Gasteiger partial charge in [0.05, 0.1) is 0 Å². The van der Waals surface area contributed by atoms with E-state index in [2.05, 4.69) is 48.5 Å². The van der Waals surface area contributed by atoms with E-state index in [0.717, 1.165) is 17.0 Å². The molecule has 0 rings (SSSR count). The molecule has 0 aromatic rings. The summed E-state index contributed by atoms with van der Waals surface area (Å²) in [7, 11) is 1.86. The van der Waals surface area contributed by atoms with Crippen LogP contribution in [-0.2, 0) is 4.74 Å². The van der Waals surface area contributed by atoms with Gasteiger partial charge >= 0.3 is 0 Å². The molecule has 0 spiro atoms. The van der Waals surface area contributed by atoms with Crippen molar-refractivity contribution in [1.82, 2.24) is 5.32 Å². The first-order valence-electron chi connectivity index (χ1n) is 12.0. The lowest BCUT2D eigenvalue weighted by Crippen LogP contribution is -2.28. The number of aliphatic imine (C=N–C) groups is 2. The third kappa shape index (κ3) is 13.9. The summed E-state index contributed by atoms with van der Waals surface area (Å²) in [6.45, 7) is 15.2. The summed E-state index contributed by atoms with van der Waals surface area (Å²) in [5.41, 5.74) is 2.78. The Morgan fingerprint density at radius 1 is 1.06 bits per heavy atom. The molecule has 1 unspecified atom stereocenters. The smallest absolute Gasteiger partial charge is 0.236 e.